The first kappa shape index (κ1) is 41.9. The monoisotopic (exact) mass is 740 g/mol. The Morgan fingerprint density at radius 3 is 1.37 bits per heavy atom. The topological polar surface area (TPSA) is 83.6 Å². The number of hydrogen-bond acceptors (Lipinski definition) is 6. The van der Waals surface area contributed by atoms with E-state index in [0.717, 1.165) is 45.1 Å². The molecule has 0 saturated heterocycles. The summed E-state index contributed by atoms with van der Waals surface area (Å²) in [6, 6.07) is 24.9. The number of phenolic OH excluding ortho intramolecular Hbond substituents is 2. The van der Waals surface area contributed by atoms with Crippen molar-refractivity contribution < 1.29 is 36.7 Å². The van der Waals surface area contributed by atoms with Crippen molar-refractivity contribution in [1.29, 1.82) is 0 Å². The molecule has 0 aromatic heterocycles. The molecule has 4 aromatic carbocycles. The Hall–Kier alpha value is -3.29. The Balaban J connectivity index is 0.000000319. The summed E-state index contributed by atoms with van der Waals surface area (Å²) in [4.78, 5) is 8.91. The van der Waals surface area contributed by atoms with Gasteiger partial charge in [-0.1, -0.05) is 80.5 Å². The van der Waals surface area contributed by atoms with Crippen LogP contribution in [0.2, 0.25) is 0 Å². The van der Waals surface area contributed by atoms with E-state index in [9.17, 15) is 10.2 Å². The van der Waals surface area contributed by atoms with Crippen LogP contribution in [0.1, 0.15) is 90.1 Å². The fraction of sp³-hybridized carbons (Fsp3) is 0.350. The molecule has 0 spiro atoms. The number of ether oxygens (including phenoxy) is 2. The average Bonchev–Trinajstić information content (AvgIpc) is 3.03. The quantitative estimate of drug-likeness (QED) is 0.152. The third kappa shape index (κ3) is 13.2. The Kier molecular flexibility index (Phi) is 15.9. The molecule has 262 valence electrons. The van der Waals surface area contributed by atoms with Crippen LogP contribution in [0.15, 0.2) is 88.8 Å². The fourth-order valence-corrected chi connectivity index (χ4v) is 4.66. The molecular formula is C40H50Cl2N2O4Ti. The van der Waals surface area contributed by atoms with Gasteiger partial charge < -0.3 is 19.7 Å². The van der Waals surface area contributed by atoms with Crippen molar-refractivity contribution in [2.24, 2.45) is 9.98 Å². The molecule has 0 saturated carbocycles. The number of halogens is 2. The number of hydrogen-bond donors (Lipinski definition) is 2. The van der Waals surface area contributed by atoms with Gasteiger partial charge in [0.15, 0.2) is 0 Å². The van der Waals surface area contributed by atoms with Gasteiger partial charge in [-0.25, -0.2) is 0 Å². The number of aromatic hydroxyl groups is 2. The molecule has 4 rings (SSSR count). The normalized spacial score (nSPS) is 11.8. The van der Waals surface area contributed by atoms with Crippen LogP contribution in [0.25, 0.3) is 0 Å². The summed E-state index contributed by atoms with van der Waals surface area (Å²) in [5.74, 6) is 2.19. The zero-order chi connectivity index (χ0) is 37.0. The van der Waals surface area contributed by atoms with Crippen LogP contribution in [0.5, 0.6) is 23.0 Å². The molecule has 0 aliphatic heterocycles. The van der Waals surface area contributed by atoms with E-state index in [1.807, 2.05) is 72.8 Å². The molecule has 2 N–H and O–H groups in total. The molecule has 0 unspecified atom stereocenters. The number of aliphatic imine (C=N–C) groups is 2. The van der Waals surface area contributed by atoms with Crippen molar-refractivity contribution in [2.75, 3.05) is 14.2 Å². The molecule has 49 heavy (non-hydrogen) atoms. The molecule has 0 bridgehead atoms. The third-order valence-corrected chi connectivity index (χ3v) is 7.54. The van der Waals surface area contributed by atoms with Crippen molar-refractivity contribution in [2.45, 2.75) is 78.6 Å². The second kappa shape index (κ2) is 18.6. The standard InChI is InChI=1S/C22H29NO2.C18H21NO2.2ClH.Ti/c1-21(2,3)16-12-15(20(24)19(13-16)22(4,5)6)14-23-17-8-10-18(25-7)11-9-17;1-18(2,3)16-7-5-6-13(17(16)20)12-19-14-8-10-15(21-4)11-9-14;;;/h8-14,24H,1-7H3;5-12,20H,1-4H3;2*1H;/q;;;;+2/p-2. The average molecular weight is 742 g/mol. The molecular weight excluding hydrogens is 691 g/mol. The fourth-order valence-electron chi connectivity index (χ4n) is 4.66. The van der Waals surface area contributed by atoms with Gasteiger partial charge in [-0.2, -0.15) is 0 Å². The Morgan fingerprint density at radius 2 is 0.980 bits per heavy atom. The summed E-state index contributed by atoms with van der Waals surface area (Å²) in [7, 11) is 13.1. The van der Waals surface area contributed by atoms with Crippen molar-refractivity contribution in [3.8, 4) is 23.0 Å². The molecule has 0 atom stereocenters. The van der Waals surface area contributed by atoms with Gasteiger partial charge in [-0.15, -0.1) is 0 Å². The van der Waals surface area contributed by atoms with Crippen LogP contribution >= 0.6 is 18.6 Å². The van der Waals surface area contributed by atoms with E-state index in [1.165, 1.54) is 5.56 Å². The number of phenols is 2. The molecule has 0 radical (unpaired) electrons. The van der Waals surface area contributed by atoms with Gasteiger partial charge in [-0.3, -0.25) is 9.98 Å². The Bertz CT molecular complexity index is 1680. The van der Waals surface area contributed by atoms with Gasteiger partial charge in [0.25, 0.3) is 0 Å². The Labute approximate surface area is 309 Å². The first-order valence-corrected chi connectivity index (χ1v) is 20.2. The van der Waals surface area contributed by atoms with Gasteiger partial charge in [0, 0.05) is 29.1 Å². The van der Waals surface area contributed by atoms with Crippen molar-refractivity contribution in [1.82, 2.24) is 0 Å². The Morgan fingerprint density at radius 1 is 0.571 bits per heavy atom. The maximum atomic E-state index is 10.8. The molecule has 9 heteroatoms. The van der Waals surface area contributed by atoms with Crippen LogP contribution in [0.4, 0.5) is 11.4 Å². The number of rotatable bonds is 6. The first-order valence-electron chi connectivity index (χ1n) is 15.9. The number of para-hydroxylation sites is 1. The van der Waals surface area contributed by atoms with Gasteiger partial charge in [0.05, 0.1) is 25.6 Å². The molecule has 6 nitrogen and oxygen atoms in total. The van der Waals surface area contributed by atoms with Gasteiger partial charge in [-0.05, 0) is 88.0 Å². The van der Waals surface area contributed by atoms with E-state index in [4.69, 9.17) is 28.1 Å². The molecule has 0 amide bonds. The van der Waals surface area contributed by atoms with Crippen molar-refractivity contribution in [3.63, 3.8) is 0 Å². The summed E-state index contributed by atoms with van der Waals surface area (Å²) >= 11 is -0.556. The number of benzene rings is 4. The molecule has 0 fully saturated rings. The van der Waals surface area contributed by atoms with E-state index >= 15 is 0 Å². The predicted octanol–water partition coefficient (Wildman–Crippen LogP) is 11.6. The molecule has 4 aromatic rings. The number of methoxy groups -OCH3 is 2. The minimum absolute atomic E-state index is 0.00357. The van der Waals surface area contributed by atoms with Crippen LogP contribution in [0.3, 0.4) is 0 Å². The van der Waals surface area contributed by atoms with E-state index in [1.54, 1.807) is 26.6 Å². The number of nitrogens with zero attached hydrogens (tertiary/aromatic N) is 2. The van der Waals surface area contributed by atoms with E-state index < -0.39 is 17.0 Å². The zero-order valence-electron chi connectivity index (χ0n) is 30.5. The summed E-state index contributed by atoms with van der Waals surface area (Å²) in [5.41, 5.74) is 5.89. The molecule has 0 heterocycles. The van der Waals surface area contributed by atoms with Crippen molar-refractivity contribution >= 4 is 42.4 Å². The van der Waals surface area contributed by atoms with Crippen LogP contribution in [-0.2, 0) is 33.3 Å². The minimum atomic E-state index is -0.556. The molecule has 0 aliphatic carbocycles. The van der Waals surface area contributed by atoms with Gasteiger partial charge in [0.2, 0.25) is 0 Å². The maximum absolute atomic E-state index is 10.8. The van der Waals surface area contributed by atoms with Gasteiger partial charge in [0.1, 0.15) is 23.0 Å². The summed E-state index contributed by atoms with van der Waals surface area (Å²) < 4.78 is 10.3. The van der Waals surface area contributed by atoms with Gasteiger partial charge >= 0.3 is 35.6 Å². The summed E-state index contributed by atoms with van der Waals surface area (Å²) in [6.07, 6.45) is 3.42. The van der Waals surface area contributed by atoms with Crippen LogP contribution in [-0.4, -0.2) is 36.9 Å². The zero-order valence-corrected chi connectivity index (χ0v) is 33.6. The summed E-state index contributed by atoms with van der Waals surface area (Å²) in [6.45, 7) is 19.1. The third-order valence-electron chi connectivity index (χ3n) is 7.54. The summed E-state index contributed by atoms with van der Waals surface area (Å²) in [5, 5.41) is 21.1. The first-order chi connectivity index (χ1) is 22.8. The second-order valence-electron chi connectivity index (χ2n) is 14.4. The van der Waals surface area contributed by atoms with E-state index in [0.29, 0.717) is 11.5 Å². The second-order valence-corrected chi connectivity index (χ2v) is 17.0. The van der Waals surface area contributed by atoms with E-state index in [2.05, 4.69) is 78.4 Å². The predicted molar refractivity (Wildman–Crippen MR) is 205 cm³/mol. The van der Waals surface area contributed by atoms with Crippen LogP contribution < -0.4 is 9.47 Å². The van der Waals surface area contributed by atoms with Crippen LogP contribution in [0, 0.1) is 0 Å². The molecule has 0 aliphatic rings. The van der Waals surface area contributed by atoms with Crippen molar-refractivity contribution in [3.05, 3.63) is 107 Å². The SMILES string of the molecule is COc1ccc(N=Cc2cc(C(C)(C)C)cc(C(C)(C)C)c2O)cc1.COc1ccc(N=Cc2cccc(C(C)(C)C)c2O)cc1.[Cl][Ti][Cl]. The van der Waals surface area contributed by atoms with E-state index in [-0.39, 0.29) is 16.2 Å².